The minimum absolute atomic E-state index is 0.0423. The predicted molar refractivity (Wildman–Crippen MR) is 51.0 cm³/mol. The molecule has 0 spiro atoms. The monoisotopic (exact) mass is 251 g/mol. The second-order valence-corrected chi connectivity index (χ2v) is 4.21. The van der Waals surface area contributed by atoms with Gasteiger partial charge in [-0.3, -0.25) is 0 Å². The maximum atomic E-state index is 13.5. The fraction of sp³-hybridized carbons (Fsp3) is 0.455. The molecule has 1 atom stereocenters. The van der Waals surface area contributed by atoms with Crippen LogP contribution in [-0.2, 0) is 6.18 Å². The van der Waals surface area contributed by atoms with Gasteiger partial charge >= 0.3 is 6.18 Å². The molecule has 1 fully saturated rings. The highest BCUT2D eigenvalue weighted by Gasteiger charge is 2.37. The van der Waals surface area contributed by atoms with Gasteiger partial charge in [0.05, 0.1) is 5.56 Å². The van der Waals surface area contributed by atoms with Crippen molar-refractivity contribution >= 4 is 0 Å². The summed E-state index contributed by atoms with van der Waals surface area (Å²) in [5.41, 5.74) is 3.86. The Morgan fingerprint density at radius 1 is 1.12 bits per heavy atom. The molecule has 1 aliphatic carbocycles. The molecule has 2 rings (SSSR count). The van der Waals surface area contributed by atoms with Crippen molar-refractivity contribution in [2.75, 3.05) is 0 Å². The van der Waals surface area contributed by atoms with Crippen molar-refractivity contribution in [3.8, 4) is 0 Å². The Morgan fingerprint density at radius 2 is 1.71 bits per heavy atom. The van der Waals surface area contributed by atoms with Crippen LogP contribution in [0.25, 0.3) is 0 Å². The molecule has 0 aromatic heterocycles. The molecule has 0 radical (unpaired) electrons. The Balaban J connectivity index is 2.41. The van der Waals surface area contributed by atoms with E-state index in [1.807, 2.05) is 0 Å². The van der Waals surface area contributed by atoms with Crippen LogP contribution < -0.4 is 5.73 Å². The number of hydrogen-bond donors (Lipinski definition) is 1. The first-order chi connectivity index (χ1) is 7.80. The lowest BCUT2D eigenvalue weighted by atomic mass is 10.0. The Bertz CT molecular complexity index is 436. The van der Waals surface area contributed by atoms with Crippen molar-refractivity contribution in [2.24, 2.45) is 11.7 Å². The molecule has 1 aromatic carbocycles. The van der Waals surface area contributed by atoms with Gasteiger partial charge < -0.3 is 5.73 Å². The van der Waals surface area contributed by atoms with E-state index in [1.54, 1.807) is 0 Å². The molecule has 2 N–H and O–H groups in total. The fourth-order valence-corrected chi connectivity index (χ4v) is 1.74. The summed E-state index contributed by atoms with van der Waals surface area (Å²) >= 11 is 0. The number of halogens is 5. The molecule has 0 aliphatic heterocycles. The molecule has 1 aliphatic rings. The Labute approximate surface area is 94.4 Å². The normalized spacial score (nSPS) is 18.2. The van der Waals surface area contributed by atoms with Gasteiger partial charge in [0.25, 0.3) is 0 Å². The Kier molecular flexibility index (Phi) is 2.85. The summed E-state index contributed by atoms with van der Waals surface area (Å²) in [6.07, 6.45) is -3.31. The van der Waals surface area contributed by atoms with Gasteiger partial charge in [-0.2, -0.15) is 13.2 Å². The highest BCUT2D eigenvalue weighted by atomic mass is 19.4. The minimum Gasteiger partial charge on any atom is -0.324 e. The van der Waals surface area contributed by atoms with Gasteiger partial charge in [-0.1, -0.05) is 0 Å². The van der Waals surface area contributed by atoms with Crippen molar-refractivity contribution < 1.29 is 22.0 Å². The van der Waals surface area contributed by atoms with E-state index < -0.39 is 29.4 Å². The first kappa shape index (κ1) is 12.3. The van der Waals surface area contributed by atoms with Gasteiger partial charge in [0.15, 0.2) is 0 Å². The molecular formula is C11H10F5N. The number of rotatable bonds is 2. The lowest BCUT2D eigenvalue weighted by molar-refractivity contribution is -0.140. The van der Waals surface area contributed by atoms with E-state index in [0.29, 0.717) is 6.07 Å². The number of nitrogens with two attached hydrogens (primary N) is 1. The van der Waals surface area contributed by atoms with Gasteiger partial charge in [0, 0.05) is 11.6 Å². The summed E-state index contributed by atoms with van der Waals surface area (Å²) in [6.45, 7) is 0. The standard InChI is InChI=1S/C11H10F5N/c12-8-4-7(11(14,15)16)9(13)3-6(8)10(17)5-1-2-5/h3-5,10H,1-2,17H2. The van der Waals surface area contributed by atoms with Crippen molar-refractivity contribution in [3.63, 3.8) is 0 Å². The zero-order valence-corrected chi connectivity index (χ0v) is 8.69. The summed E-state index contributed by atoms with van der Waals surface area (Å²) in [5.74, 6) is -2.54. The van der Waals surface area contributed by atoms with Gasteiger partial charge in [-0.05, 0) is 30.9 Å². The van der Waals surface area contributed by atoms with E-state index >= 15 is 0 Å². The van der Waals surface area contributed by atoms with Gasteiger partial charge in [-0.15, -0.1) is 0 Å². The molecule has 0 saturated heterocycles. The van der Waals surface area contributed by atoms with Crippen molar-refractivity contribution in [2.45, 2.75) is 25.1 Å². The van der Waals surface area contributed by atoms with Crippen LogP contribution in [0.15, 0.2) is 12.1 Å². The SMILES string of the molecule is NC(c1cc(F)c(C(F)(F)F)cc1F)C1CC1. The maximum Gasteiger partial charge on any atom is 0.419 e. The zero-order chi connectivity index (χ0) is 12.8. The Morgan fingerprint density at radius 3 is 2.18 bits per heavy atom. The zero-order valence-electron chi connectivity index (χ0n) is 8.69. The van der Waals surface area contributed by atoms with Gasteiger partial charge in [0.2, 0.25) is 0 Å². The topological polar surface area (TPSA) is 26.0 Å². The van der Waals surface area contributed by atoms with Crippen LogP contribution in [0.4, 0.5) is 22.0 Å². The second kappa shape index (κ2) is 3.94. The molecule has 1 saturated carbocycles. The number of benzene rings is 1. The molecule has 6 heteroatoms. The average molecular weight is 251 g/mol. The first-order valence-corrected chi connectivity index (χ1v) is 5.12. The third-order valence-electron chi connectivity index (χ3n) is 2.88. The highest BCUT2D eigenvalue weighted by molar-refractivity contribution is 5.31. The minimum atomic E-state index is -4.90. The van der Waals surface area contributed by atoms with Crippen molar-refractivity contribution in [1.29, 1.82) is 0 Å². The third kappa shape index (κ3) is 2.41. The van der Waals surface area contributed by atoms with E-state index in [9.17, 15) is 22.0 Å². The van der Waals surface area contributed by atoms with Crippen LogP contribution in [0.2, 0.25) is 0 Å². The molecule has 1 unspecified atom stereocenters. The molecule has 0 heterocycles. The van der Waals surface area contributed by atoms with Crippen LogP contribution in [0, 0.1) is 17.6 Å². The van der Waals surface area contributed by atoms with Crippen molar-refractivity contribution in [3.05, 3.63) is 34.9 Å². The summed E-state index contributed by atoms with van der Waals surface area (Å²) in [4.78, 5) is 0. The average Bonchev–Trinajstić information content (AvgIpc) is 3.01. The number of alkyl halides is 3. The van der Waals surface area contributed by atoms with E-state index in [-0.39, 0.29) is 17.5 Å². The molecule has 17 heavy (non-hydrogen) atoms. The quantitative estimate of drug-likeness (QED) is 0.801. The van der Waals surface area contributed by atoms with Gasteiger partial charge in [0.1, 0.15) is 11.6 Å². The summed E-state index contributed by atoms with van der Waals surface area (Å²) in [5, 5.41) is 0. The van der Waals surface area contributed by atoms with E-state index in [4.69, 9.17) is 5.73 Å². The smallest absolute Gasteiger partial charge is 0.324 e. The summed E-state index contributed by atoms with van der Waals surface area (Å²) in [7, 11) is 0. The van der Waals surface area contributed by atoms with Gasteiger partial charge in [-0.25, -0.2) is 8.78 Å². The van der Waals surface area contributed by atoms with Crippen LogP contribution in [0.3, 0.4) is 0 Å². The lowest BCUT2D eigenvalue weighted by Crippen LogP contribution is -2.17. The molecule has 0 amide bonds. The first-order valence-electron chi connectivity index (χ1n) is 5.12. The molecule has 94 valence electrons. The van der Waals surface area contributed by atoms with E-state index in [0.717, 1.165) is 12.8 Å². The fourth-order valence-electron chi connectivity index (χ4n) is 1.74. The third-order valence-corrected chi connectivity index (χ3v) is 2.88. The lowest BCUT2D eigenvalue weighted by Gasteiger charge is -2.15. The number of hydrogen-bond acceptors (Lipinski definition) is 1. The predicted octanol–water partition coefficient (Wildman–Crippen LogP) is 3.39. The van der Waals surface area contributed by atoms with E-state index in [1.165, 1.54) is 0 Å². The molecule has 1 nitrogen and oxygen atoms in total. The molecule has 1 aromatic rings. The van der Waals surface area contributed by atoms with Crippen LogP contribution >= 0.6 is 0 Å². The van der Waals surface area contributed by atoms with E-state index in [2.05, 4.69) is 0 Å². The Hall–Kier alpha value is -1.17. The molecule has 0 bridgehead atoms. The van der Waals surface area contributed by atoms with Crippen LogP contribution in [-0.4, -0.2) is 0 Å². The van der Waals surface area contributed by atoms with Crippen LogP contribution in [0.1, 0.15) is 30.0 Å². The molecular weight excluding hydrogens is 241 g/mol. The summed E-state index contributed by atoms with van der Waals surface area (Å²) < 4.78 is 63.6. The van der Waals surface area contributed by atoms with Crippen molar-refractivity contribution in [1.82, 2.24) is 0 Å². The maximum absolute atomic E-state index is 13.5. The largest absolute Gasteiger partial charge is 0.419 e. The second-order valence-electron chi connectivity index (χ2n) is 4.21. The highest BCUT2D eigenvalue weighted by Crippen LogP contribution is 2.41. The van der Waals surface area contributed by atoms with Crippen LogP contribution in [0.5, 0.6) is 0 Å². The summed E-state index contributed by atoms with van der Waals surface area (Å²) in [6, 6.07) is 0.000378.